The van der Waals surface area contributed by atoms with Crippen molar-refractivity contribution in [2.45, 2.75) is 17.2 Å². The average Bonchev–Trinajstić information content (AvgIpc) is 2.77. The zero-order chi connectivity index (χ0) is 13.0. The molecule has 1 unspecified atom stereocenters. The van der Waals surface area contributed by atoms with Crippen LogP contribution in [0.2, 0.25) is 0 Å². The number of furan rings is 1. The summed E-state index contributed by atoms with van der Waals surface area (Å²) in [5.41, 5.74) is 0. The van der Waals surface area contributed by atoms with E-state index >= 15 is 0 Å². The van der Waals surface area contributed by atoms with E-state index in [1.807, 2.05) is 13.1 Å². The van der Waals surface area contributed by atoms with Crippen LogP contribution in [0.4, 0.5) is 4.39 Å². The summed E-state index contributed by atoms with van der Waals surface area (Å²) in [6.45, 7) is 0.632. The lowest BCUT2D eigenvalue weighted by Gasteiger charge is -2.00. The minimum absolute atomic E-state index is 0.257. The number of rotatable bonds is 5. The maximum absolute atomic E-state index is 13.0. The molecule has 1 atom stereocenters. The third-order valence-corrected chi connectivity index (χ3v) is 3.73. The van der Waals surface area contributed by atoms with Gasteiger partial charge >= 0.3 is 0 Å². The molecule has 3 nitrogen and oxygen atoms in total. The topological polar surface area (TPSA) is 42.2 Å². The van der Waals surface area contributed by atoms with Gasteiger partial charge in [-0.05, 0) is 37.4 Å². The molecule has 0 amide bonds. The maximum Gasteiger partial charge on any atom is 0.124 e. The van der Waals surface area contributed by atoms with Gasteiger partial charge in [0.05, 0.1) is 23.1 Å². The van der Waals surface area contributed by atoms with Gasteiger partial charge in [-0.3, -0.25) is 4.21 Å². The third kappa shape index (κ3) is 3.27. The first-order chi connectivity index (χ1) is 8.69. The summed E-state index contributed by atoms with van der Waals surface area (Å²) in [6, 6.07) is 9.46. The normalized spacial score (nSPS) is 12.6. The lowest BCUT2D eigenvalue weighted by molar-refractivity contribution is 0.467. The number of hydrogen-bond acceptors (Lipinski definition) is 3. The summed E-state index contributed by atoms with van der Waals surface area (Å²) in [6.07, 6.45) is 0. The van der Waals surface area contributed by atoms with Crippen molar-refractivity contribution in [3.63, 3.8) is 0 Å². The average molecular weight is 267 g/mol. The molecule has 96 valence electrons. The molecule has 0 radical (unpaired) electrons. The molecular weight excluding hydrogens is 253 g/mol. The van der Waals surface area contributed by atoms with Crippen molar-refractivity contribution >= 4 is 10.8 Å². The molecule has 1 aromatic heterocycles. The van der Waals surface area contributed by atoms with Crippen LogP contribution < -0.4 is 5.32 Å². The van der Waals surface area contributed by atoms with E-state index in [9.17, 15) is 8.60 Å². The molecule has 5 heteroatoms. The van der Waals surface area contributed by atoms with Crippen LogP contribution in [-0.2, 0) is 23.1 Å². The van der Waals surface area contributed by atoms with Crippen LogP contribution in [0.15, 0.2) is 45.7 Å². The Bertz CT molecular complexity index is 553. The van der Waals surface area contributed by atoms with Gasteiger partial charge in [0.15, 0.2) is 0 Å². The van der Waals surface area contributed by atoms with Crippen molar-refractivity contribution in [3.05, 3.63) is 53.7 Å². The van der Waals surface area contributed by atoms with E-state index in [0.717, 1.165) is 5.76 Å². The Morgan fingerprint density at radius 3 is 2.78 bits per heavy atom. The van der Waals surface area contributed by atoms with Crippen LogP contribution in [0, 0.1) is 5.82 Å². The second-order valence-corrected chi connectivity index (χ2v) is 5.30. The summed E-state index contributed by atoms with van der Waals surface area (Å²) in [5, 5.41) is 2.97. The Labute approximate surface area is 107 Å². The van der Waals surface area contributed by atoms with Crippen molar-refractivity contribution in [2.24, 2.45) is 0 Å². The first kappa shape index (κ1) is 13.0. The van der Waals surface area contributed by atoms with Crippen molar-refractivity contribution in [2.75, 3.05) is 7.05 Å². The van der Waals surface area contributed by atoms with E-state index in [-0.39, 0.29) is 11.6 Å². The number of nitrogens with one attached hydrogen (secondary N) is 1. The molecule has 0 aliphatic heterocycles. The largest absolute Gasteiger partial charge is 0.464 e. The molecule has 0 aliphatic carbocycles. The van der Waals surface area contributed by atoms with Gasteiger partial charge in [-0.1, -0.05) is 6.07 Å². The Balaban J connectivity index is 2.06. The highest BCUT2D eigenvalue weighted by molar-refractivity contribution is 7.84. The molecule has 1 aromatic carbocycles. The van der Waals surface area contributed by atoms with Gasteiger partial charge in [-0.15, -0.1) is 0 Å². The van der Waals surface area contributed by atoms with Crippen molar-refractivity contribution in [1.29, 1.82) is 0 Å². The Morgan fingerprint density at radius 1 is 1.28 bits per heavy atom. The fraction of sp³-hybridized carbons (Fsp3) is 0.231. The Kier molecular flexibility index (Phi) is 4.28. The second-order valence-electron chi connectivity index (χ2n) is 3.85. The molecule has 0 fully saturated rings. The van der Waals surface area contributed by atoms with E-state index in [0.29, 0.717) is 17.2 Å². The molecule has 0 spiro atoms. The number of benzene rings is 1. The van der Waals surface area contributed by atoms with Gasteiger partial charge in [-0.2, -0.15) is 0 Å². The molecule has 18 heavy (non-hydrogen) atoms. The highest BCUT2D eigenvalue weighted by Crippen LogP contribution is 2.15. The zero-order valence-electron chi connectivity index (χ0n) is 9.98. The first-order valence-corrected chi connectivity index (χ1v) is 6.87. The summed E-state index contributed by atoms with van der Waals surface area (Å²) in [4.78, 5) is 0.474. The SMILES string of the molecule is CNCc1ccc(CS(=O)c2cccc(F)c2)o1. The molecule has 1 N–H and O–H groups in total. The number of halogens is 1. The van der Waals surface area contributed by atoms with Crippen LogP contribution in [0.25, 0.3) is 0 Å². The molecule has 2 aromatic rings. The van der Waals surface area contributed by atoms with E-state index in [1.54, 1.807) is 18.2 Å². The molecule has 1 heterocycles. The van der Waals surface area contributed by atoms with Gasteiger partial charge in [0, 0.05) is 4.90 Å². The molecule has 0 bridgehead atoms. The lowest BCUT2D eigenvalue weighted by Crippen LogP contribution is -2.03. The fourth-order valence-electron chi connectivity index (χ4n) is 1.59. The lowest BCUT2D eigenvalue weighted by atomic mass is 10.4. The molecule has 0 saturated carbocycles. The van der Waals surface area contributed by atoms with Crippen LogP contribution in [0.1, 0.15) is 11.5 Å². The van der Waals surface area contributed by atoms with Crippen molar-refractivity contribution in [1.82, 2.24) is 5.32 Å². The first-order valence-electron chi connectivity index (χ1n) is 5.55. The highest BCUT2D eigenvalue weighted by atomic mass is 32.2. The zero-order valence-corrected chi connectivity index (χ0v) is 10.8. The monoisotopic (exact) mass is 267 g/mol. The Morgan fingerprint density at radius 2 is 2.06 bits per heavy atom. The standard InChI is InChI=1S/C13H14FNO2S/c1-15-8-11-5-6-12(17-11)9-18(16)13-4-2-3-10(14)7-13/h2-7,15H,8-9H2,1H3. The number of hydrogen-bond donors (Lipinski definition) is 1. The van der Waals surface area contributed by atoms with E-state index in [4.69, 9.17) is 4.42 Å². The van der Waals surface area contributed by atoms with E-state index in [1.165, 1.54) is 12.1 Å². The minimum atomic E-state index is -1.29. The molecule has 2 rings (SSSR count). The van der Waals surface area contributed by atoms with Crippen LogP contribution in [0.3, 0.4) is 0 Å². The quantitative estimate of drug-likeness (QED) is 0.904. The van der Waals surface area contributed by atoms with Crippen LogP contribution >= 0.6 is 0 Å². The third-order valence-electron chi connectivity index (χ3n) is 2.40. The predicted octanol–water partition coefficient (Wildman–Crippen LogP) is 2.45. The van der Waals surface area contributed by atoms with Gasteiger partial charge in [0.25, 0.3) is 0 Å². The van der Waals surface area contributed by atoms with E-state index in [2.05, 4.69) is 5.32 Å². The van der Waals surface area contributed by atoms with Crippen molar-refractivity contribution in [3.8, 4) is 0 Å². The second kappa shape index (κ2) is 5.93. The molecular formula is C13H14FNO2S. The van der Waals surface area contributed by atoms with Crippen LogP contribution in [0.5, 0.6) is 0 Å². The predicted molar refractivity (Wildman–Crippen MR) is 68.0 cm³/mol. The smallest absolute Gasteiger partial charge is 0.124 e. The summed E-state index contributed by atoms with van der Waals surface area (Å²) in [5.74, 6) is 1.32. The van der Waals surface area contributed by atoms with E-state index < -0.39 is 10.8 Å². The van der Waals surface area contributed by atoms with Gasteiger partial charge in [0.1, 0.15) is 17.3 Å². The fourth-order valence-corrected chi connectivity index (χ4v) is 2.64. The molecule has 0 saturated heterocycles. The molecule has 0 aliphatic rings. The maximum atomic E-state index is 13.0. The summed E-state index contributed by atoms with van der Waals surface area (Å²) >= 11 is 0. The van der Waals surface area contributed by atoms with Gasteiger partial charge in [-0.25, -0.2) is 4.39 Å². The highest BCUT2D eigenvalue weighted by Gasteiger charge is 2.09. The van der Waals surface area contributed by atoms with Crippen LogP contribution in [-0.4, -0.2) is 11.3 Å². The Hall–Kier alpha value is -1.46. The summed E-state index contributed by atoms with van der Waals surface area (Å²) < 4.78 is 30.5. The minimum Gasteiger partial charge on any atom is -0.464 e. The van der Waals surface area contributed by atoms with Crippen molar-refractivity contribution < 1.29 is 13.0 Å². The van der Waals surface area contributed by atoms with Gasteiger partial charge in [0.2, 0.25) is 0 Å². The van der Waals surface area contributed by atoms with Gasteiger partial charge < -0.3 is 9.73 Å². The summed E-state index contributed by atoms with van der Waals surface area (Å²) in [7, 11) is 0.537.